The quantitative estimate of drug-likeness (QED) is 0.257. The molecule has 11 nitrogen and oxygen atoms in total. The van der Waals surface area contributed by atoms with Gasteiger partial charge in [-0.2, -0.15) is 0 Å². The average Bonchev–Trinajstić information content (AvgIpc) is 3.63. The van der Waals surface area contributed by atoms with Crippen LogP contribution in [0.25, 0.3) is 0 Å². The molecule has 4 saturated heterocycles. The van der Waals surface area contributed by atoms with Gasteiger partial charge in [-0.25, -0.2) is 4.79 Å². The number of nitrogens with one attached hydrogen (secondary N) is 3. The predicted octanol–water partition coefficient (Wildman–Crippen LogP) is -0.571. The number of β-lactam (4-membered cyclic amide) rings is 1. The number of hydrogen-bond acceptors (Lipinski definition) is 8. The van der Waals surface area contributed by atoms with Crippen molar-refractivity contribution >= 4 is 35.5 Å². The lowest BCUT2D eigenvalue weighted by Gasteiger charge is -2.47. The topological polar surface area (TPSA) is 157 Å². The Balaban J connectivity index is 1.22. The van der Waals surface area contributed by atoms with Crippen molar-refractivity contribution in [1.82, 2.24) is 25.8 Å². The Bertz CT molecular complexity index is 1000. The molecule has 0 radical (unpaired) electrons. The Hall–Kier alpha value is -2.15. The summed E-state index contributed by atoms with van der Waals surface area (Å²) in [6.45, 7) is 6.56. The van der Waals surface area contributed by atoms with E-state index in [1.807, 2.05) is 18.7 Å². The van der Waals surface area contributed by atoms with Gasteiger partial charge in [-0.05, 0) is 39.2 Å². The number of thioether (sulfide) groups is 1. The van der Waals surface area contributed by atoms with Crippen LogP contribution >= 0.6 is 11.8 Å². The van der Waals surface area contributed by atoms with E-state index in [1.165, 1.54) is 16.7 Å². The van der Waals surface area contributed by atoms with Crippen LogP contribution in [0.3, 0.4) is 0 Å². The molecule has 5 aliphatic heterocycles. The zero-order valence-electron chi connectivity index (χ0n) is 21.4. The van der Waals surface area contributed by atoms with E-state index < -0.39 is 11.9 Å². The van der Waals surface area contributed by atoms with Gasteiger partial charge < -0.3 is 36.6 Å². The van der Waals surface area contributed by atoms with Crippen LogP contribution < -0.4 is 21.7 Å². The first-order chi connectivity index (χ1) is 17.7. The van der Waals surface area contributed by atoms with E-state index in [0.717, 1.165) is 25.8 Å². The van der Waals surface area contributed by atoms with Crippen LogP contribution in [0.15, 0.2) is 10.6 Å². The minimum Gasteiger partial charge on any atom is -0.477 e. The minimum absolute atomic E-state index is 0.0275. The molecule has 0 saturated carbocycles. The fourth-order valence-electron chi connectivity index (χ4n) is 6.62. The molecule has 8 atom stereocenters. The molecular formula is C25H38N6O5S. The summed E-state index contributed by atoms with van der Waals surface area (Å²) in [5.74, 6) is -2.02. The number of aliphatic carboxylic acids is 1. The van der Waals surface area contributed by atoms with Crippen molar-refractivity contribution < 1.29 is 24.3 Å². The Labute approximate surface area is 221 Å². The summed E-state index contributed by atoms with van der Waals surface area (Å²) >= 11 is 1.47. The van der Waals surface area contributed by atoms with E-state index in [1.54, 1.807) is 0 Å². The van der Waals surface area contributed by atoms with Gasteiger partial charge in [0, 0.05) is 60.3 Å². The van der Waals surface area contributed by atoms with Gasteiger partial charge in [-0.3, -0.25) is 14.4 Å². The first-order valence-electron chi connectivity index (χ1n) is 13.4. The molecule has 0 bridgehead atoms. The largest absolute Gasteiger partial charge is 0.477 e. The molecule has 3 amide bonds. The lowest BCUT2D eigenvalue weighted by atomic mass is 9.78. The van der Waals surface area contributed by atoms with E-state index in [2.05, 4.69) is 16.0 Å². The van der Waals surface area contributed by atoms with Crippen LogP contribution in [-0.4, -0.2) is 100 Å². The lowest BCUT2D eigenvalue weighted by molar-refractivity contribution is -0.158. The second kappa shape index (κ2) is 10.5. The maximum absolute atomic E-state index is 13.2. The Morgan fingerprint density at radius 3 is 2.70 bits per heavy atom. The number of hydrogen-bond donors (Lipinski definition) is 5. The summed E-state index contributed by atoms with van der Waals surface area (Å²) in [6, 6.07) is -0.776. The number of fused-ring (bicyclic) bond motifs is 1. The molecule has 6 N–H and O–H groups in total. The summed E-state index contributed by atoms with van der Waals surface area (Å²) in [4.78, 5) is 54.8. The van der Waals surface area contributed by atoms with Crippen molar-refractivity contribution in [1.29, 1.82) is 0 Å². The highest BCUT2D eigenvalue weighted by Crippen LogP contribution is 2.51. The summed E-state index contributed by atoms with van der Waals surface area (Å²) in [5.41, 5.74) is 6.01. The lowest BCUT2D eigenvalue weighted by Crippen LogP contribution is -2.66. The molecule has 0 aromatic carbocycles. The molecule has 0 aromatic heterocycles. The third-order valence-corrected chi connectivity index (χ3v) is 10.0. The highest BCUT2D eigenvalue weighted by Gasteiger charge is 2.60. The van der Waals surface area contributed by atoms with Crippen molar-refractivity contribution in [2.24, 2.45) is 17.6 Å². The molecule has 204 valence electrons. The Kier molecular flexibility index (Phi) is 7.54. The minimum atomic E-state index is -1.11. The summed E-state index contributed by atoms with van der Waals surface area (Å²) in [7, 11) is 0. The average molecular weight is 535 g/mol. The van der Waals surface area contributed by atoms with Crippen LogP contribution in [0.5, 0.6) is 0 Å². The molecule has 4 fully saturated rings. The molecule has 0 aromatic rings. The highest BCUT2D eigenvalue weighted by molar-refractivity contribution is 8.03. The number of carbonyl (C=O) groups excluding carboxylic acids is 3. The maximum atomic E-state index is 13.2. The molecular weight excluding hydrogens is 496 g/mol. The van der Waals surface area contributed by atoms with E-state index in [9.17, 15) is 24.3 Å². The molecule has 5 rings (SSSR count). The first-order valence-corrected chi connectivity index (χ1v) is 14.3. The van der Waals surface area contributed by atoms with Crippen molar-refractivity contribution in [2.45, 2.75) is 81.4 Å². The number of carbonyl (C=O) groups is 4. The number of nitrogens with two attached hydrogens (primary N) is 1. The second-order valence-electron chi connectivity index (χ2n) is 11.2. The van der Waals surface area contributed by atoms with Crippen LogP contribution in [-0.2, 0) is 19.2 Å². The molecule has 0 spiro atoms. The number of nitrogens with zero attached hydrogens (tertiary/aromatic N) is 2. The van der Waals surface area contributed by atoms with Gasteiger partial charge in [0.05, 0.1) is 18.0 Å². The van der Waals surface area contributed by atoms with Gasteiger partial charge in [-0.15, -0.1) is 11.8 Å². The number of likely N-dealkylation sites (tertiary alicyclic amines) is 1. The normalized spacial score (nSPS) is 36.1. The van der Waals surface area contributed by atoms with Gasteiger partial charge in [0.1, 0.15) is 5.70 Å². The zero-order valence-corrected chi connectivity index (χ0v) is 22.3. The number of rotatable bonds is 8. The van der Waals surface area contributed by atoms with E-state index in [-0.39, 0.29) is 64.8 Å². The summed E-state index contributed by atoms with van der Waals surface area (Å²) in [5, 5.41) is 19.7. The fraction of sp³-hybridized carbons (Fsp3) is 0.760. The number of carboxylic acid groups (broad SMARTS) is 1. The van der Waals surface area contributed by atoms with Gasteiger partial charge in [0.25, 0.3) is 0 Å². The van der Waals surface area contributed by atoms with E-state index in [0.29, 0.717) is 37.4 Å². The third kappa shape index (κ3) is 5.00. The second-order valence-corrected chi connectivity index (χ2v) is 12.5. The third-order valence-electron chi connectivity index (χ3n) is 8.53. The van der Waals surface area contributed by atoms with Gasteiger partial charge >= 0.3 is 5.97 Å². The fourth-order valence-corrected chi connectivity index (χ4v) is 8.10. The zero-order chi connectivity index (χ0) is 26.4. The van der Waals surface area contributed by atoms with Gasteiger partial charge in [0.2, 0.25) is 17.7 Å². The summed E-state index contributed by atoms with van der Waals surface area (Å²) < 4.78 is 0. The smallest absolute Gasteiger partial charge is 0.353 e. The molecule has 37 heavy (non-hydrogen) atoms. The molecule has 0 aliphatic carbocycles. The summed E-state index contributed by atoms with van der Waals surface area (Å²) in [6.07, 6.45) is 3.82. The van der Waals surface area contributed by atoms with Crippen molar-refractivity contribution in [3.8, 4) is 0 Å². The van der Waals surface area contributed by atoms with Crippen molar-refractivity contribution in [3.63, 3.8) is 0 Å². The van der Waals surface area contributed by atoms with Gasteiger partial charge in [-0.1, -0.05) is 6.92 Å². The monoisotopic (exact) mass is 534 g/mol. The highest BCUT2D eigenvalue weighted by atomic mass is 32.2. The molecule has 5 aliphatic rings. The van der Waals surface area contributed by atoms with Crippen LogP contribution in [0.4, 0.5) is 0 Å². The van der Waals surface area contributed by atoms with Crippen LogP contribution in [0.1, 0.15) is 46.0 Å². The number of amides is 3. The van der Waals surface area contributed by atoms with Gasteiger partial charge in [0.15, 0.2) is 0 Å². The SMILES string of the molecule is CC(NC(=O)C[C@@H]1CCCN1)[C@H]1C(=O)N2C(C(=O)O)=C(S[C@@H]3CN[C@H](C(=O)N4CC[C@@H](N)C4)C3)[C@H](C)[C@H]12. The Morgan fingerprint density at radius 2 is 2.05 bits per heavy atom. The van der Waals surface area contributed by atoms with E-state index >= 15 is 0 Å². The predicted molar refractivity (Wildman–Crippen MR) is 138 cm³/mol. The van der Waals surface area contributed by atoms with E-state index in [4.69, 9.17) is 5.73 Å². The van der Waals surface area contributed by atoms with Crippen LogP contribution in [0.2, 0.25) is 0 Å². The standard InChI is InChI=1S/C25H38N6O5S/c1-12-20-19(13(2)29-18(32)8-15-4-3-6-27-15)24(34)31(20)21(25(35)36)22(12)37-16-9-17(28-10-16)23(33)30-7-5-14(26)11-30/h12-17,19-20,27-28H,3-11,26H2,1-2H3,(H,29,32)(H,35,36)/t12-,13?,14-,15+,16+,17+,19-,20-/m1/s1. The molecule has 12 heteroatoms. The number of carboxylic acids is 1. The maximum Gasteiger partial charge on any atom is 0.353 e. The molecule has 1 unspecified atom stereocenters. The van der Waals surface area contributed by atoms with Crippen LogP contribution in [0, 0.1) is 11.8 Å². The van der Waals surface area contributed by atoms with Crippen molar-refractivity contribution in [3.05, 3.63) is 10.6 Å². The Morgan fingerprint density at radius 1 is 1.27 bits per heavy atom. The first kappa shape index (κ1) is 26.5. The van der Waals surface area contributed by atoms with Crippen molar-refractivity contribution in [2.75, 3.05) is 26.2 Å². The molecule has 5 heterocycles.